The molecular formula is C13H19ClFNO. The molecule has 0 saturated heterocycles. The predicted octanol–water partition coefficient (Wildman–Crippen LogP) is 3.56. The minimum Gasteiger partial charge on any atom is -0.379 e. The van der Waals surface area contributed by atoms with E-state index in [9.17, 15) is 4.39 Å². The first kappa shape index (κ1) is 14.4. The van der Waals surface area contributed by atoms with Crippen LogP contribution in [0.4, 0.5) is 4.39 Å². The molecule has 0 fully saturated rings. The highest BCUT2D eigenvalue weighted by molar-refractivity contribution is 6.31. The Morgan fingerprint density at radius 3 is 2.76 bits per heavy atom. The van der Waals surface area contributed by atoms with Crippen LogP contribution in [0, 0.1) is 5.82 Å². The molecule has 1 rings (SSSR count). The van der Waals surface area contributed by atoms with Gasteiger partial charge in [-0.1, -0.05) is 31.5 Å². The number of hydrogen-bond acceptors (Lipinski definition) is 2. The van der Waals surface area contributed by atoms with Crippen molar-refractivity contribution < 1.29 is 9.13 Å². The highest BCUT2D eigenvalue weighted by atomic mass is 35.5. The van der Waals surface area contributed by atoms with E-state index in [1.165, 1.54) is 12.1 Å². The smallest absolute Gasteiger partial charge is 0.124 e. The maximum atomic E-state index is 13.0. The molecular weight excluding hydrogens is 241 g/mol. The molecule has 0 bridgehead atoms. The summed E-state index contributed by atoms with van der Waals surface area (Å²) in [4.78, 5) is 0. The third kappa shape index (κ3) is 4.62. The Labute approximate surface area is 107 Å². The minimum absolute atomic E-state index is 0.0136. The molecule has 96 valence electrons. The van der Waals surface area contributed by atoms with Crippen molar-refractivity contribution in [3.8, 4) is 0 Å². The van der Waals surface area contributed by atoms with Crippen LogP contribution in [-0.2, 0) is 4.74 Å². The van der Waals surface area contributed by atoms with Gasteiger partial charge >= 0.3 is 0 Å². The first-order chi connectivity index (χ1) is 8.19. The Morgan fingerprint density at radius 2 is 2.18 bits per heavy atom. The van der Waals surface area contributed by atoms with Gasteiger partial charge in [0.25, 0.3) is 0 Å². The number of likely N-dealkylation sites (N-methyl/N-ethyl adjacent to an activating group) is 1. The van der Waals surface area contributed by atoms with Crippen LogP contribution in [0.1, 0.15) is 31.9 Å². The standard InChI is InChI=1S/C13H19ClFNO/c1-3-7-17-9-13(16-4-2)11-6-5-10(15)8-12(11)14/h5-6,8,13,16H,3-4,7,9H2,1-2H3. The zero-order chi connectivity index (χ0) is 12.7. The van der Waals surface area contributed by atoms with Crippen molar-refractivity contribution >= 4 is 11.6 Å². The normalized spacial score (nSPS) is 12.7. The summed E-state index contributed by atoms with van der Waals surface area (Å²) in [5, 5.41) is 3.73. The number of hydrogen-bond donors (Lipinski definition) is 1. The third-order valence-corrected chi connectivity index (χ3v) is 2.75. The van der Waals surface area contributed by atoms with Crippen LogP contribution in [0.25, 0.3) is 0 Å². The lowest BCUT2D eigenvalue weighted by molar-refractivity contribution is 0.112. The maximum absolute atomic E-state index is 13.0. The van der Waals surface area contributed by atoms with Gasteiger partial charge in [0, 0.05) is 11.6 Å². The molecule has 4 heteroatoms. The van der Waals surface area contributed by atoms with E-state index < -0.39 is 0 Å². The Balaban J connectivity index is 2.74. The zero-order valence-corrected chi connectivity index (χ0v) is 11.1. The summed E-state index contributed by atoms with van der Waals surface area (Å²) in [7, 11) is 0. The Bertz CT molecular complexity index is 346. The molecule has 1 unspecified atom stereocenters. The zero-order valence-electron chi connectivity index (χ0n) is 10.3. The molecule has 0 spiro atoms. The van der Waals surface area contributed by atoms with Crippen molar-refractivity contribution in [3.63, 3.8) is 0 Å². The largest absolute Gasteiger partial charge is 0.379 e. The maximum Gasteiger partial charge on any atom is 0.124 e. The van der Waals surface area contributed by atoms with Crippen molar-refractivity contribution in [1.82, 2.24) is 5.32 Å². The van der Waals surface area contributed by atoms with E-state index in [1.54, 1.807) is 6.07 Å². The Morgan fingerprint density at radius 1 is 1.41 bits per heavy atom. The Kier molecular flexibility index (Phi) is 6.48. The minimum atomic E-state index is -0.316. The van der Waals surface area contributed by atoms with Crippen molar-refractivity contribution in [1.29, 1.82) is 0 Å². The molecule has 17 heavy (non-hydrogen) atoms. The topological polar surface area (TPSA) is 21.3 Å². The third-order valence-electron chi connectivity index (χ3n) is 2.42. The molecule has 0 aliphatic rings. The molecule has 2 nitrogen and oxygen atoms in total. The first-order valence-corrected chi connectivity index (χ1v) is 6.32. The summed E-state index contributed by atoms with van der Waals surface area (Å²) >= 11 is 6.04. The van der Waals surface area contributed by atoms with Gasteiger partial charge in [-0.25, -0.2) is 4.39 Å². The summed E-state index contributed by atoms with van der Waals surface area (Å²) in [5.74, 6) is -0.316. The lowest BCUT2D eigenvalue weighted by atomic mass is 10.1. The summed E-state index contributed by atoms with van der Waals surface area (Å²) < 4.78 is 18.5. The van der Waals surface area contributed by atoms with E-state index in [4.69, 9.17) is 16.3 Å². The molecule has 0 aromatic heterocycles. The fraction of sp³-hybridized carbons (Fsp3) is 0.538. The highest BCUT2D eigenvalue weighted by Crippen LogP contribution is 2.24. The quantitative estimate of drug-likeness (QED) is 0.756. The van der Waals surface area contributed by atoms with Gasteiger partial charge in [0.2, 0.25) is 0 Å². The molecule has 0 amide bonds. The Hall–Kier alpha value is -0.640. The molecule has 0 saturated carbocycles. The molecule has 0 aliphatic heterocycles. The van der Waals surface area contributed by atoms with Gasteiger partial charge in [0.05, 0.1) is 12.6 Å². The van der Waals surface area contributed by atoms with E-state index in [2.05, 4.69) is 12.2 Å². The summed E-state index contributed by atoms with van der Waals surface area (Å²) in [6.07, 6.45) is 0.982. The lowest BCUT2D eigenvalue weighted by Gasteiger charge is -2.19. The van der Waals surface area contributed by atoms with E-state index in [0.29, 0.717) is 11.6 Å². The second-order valence-electron chi connectivity index (χ2n) is 3.85. The number of ether oxygens (including phenoxy) is 1. The molecule has 1 N–H and O–H groups in total. The summed E-state index contributed by atoms with van der Waals surface area (Å²) in [6.45, 7) is 6.17. The van der Waals surface area contributed by atoms with Gasteiger partial charge in [-0.15, -0.1) is 0 Å². The van der Waals surface area contributed by atoms with Gasteiger partial charge in [0.15, 0.2) is 0 Å². The second-order valence-corrected chi connectivity index (χ2v) is 4.26. The fourth-order valence-electron chi connectivity index (χ4n) is 1.63. The molecule has 0 radical (unpaired) electrons. The van der Waals surface area contributed by atoms with Crippen LogP contribution in [0.3, 0.4) is 0 Å². The number of benzene rings is 1. The van der Waals surface area contributed by atoms with Crippen LogP contribution in [0.2, 0.25) is 5.02 Å². The fourth-order valence-corrected chi connectivity index (χ4v) is 1.93. The molecule has 0 aliphatic carbocycles. The second kappa shape index (κ2) is 7.64. The van der Waals surface area contributed by atoms with Crippen molar-refractivity contribution in [2.75, 3.05) is 19.8 Å². The summed E-state index contributed by atoms with van der Waals surface area (Å²) in [5.41, 5.74) is 0.881. The van der Waals surface area contributed by atoms with E-state index in [-0.39, 0.29) is 11.9 Å². The van der Waals surface area contributed by atoms with Crippen molar-refractivity contribution in [3.05, 3.63) is 34.6 Å². The van der Waals surface area contributed by atoms with Gasteiger partial charge < -0.3 is 10.1 Å². The van der Waals surface area contributed by atoms with Crippen LogP contribution in [0.15, 0.2) is 18.2 Å². The average Bonchev–Trinajstić information content (AvgIpc) is 2.28. The number of rotatable bonds is 7. The van der Waals surface area contributed by atoms with Crippen LogP contribution < -0.4 is 5.32 Å². The van der Waals surface area contributed by atoms with E-state index in [0.717, 1.165) is 25.1 Å². The SMILES string of the molecule is CCCOCC(NCC)c1ccc(F)cc1Cl. The molecule has 1 aromatic rings. The first-order valence-electron chi connectivity index (χ1n) is 5.95. The molecule has 1 aromatic carbocycles. The van der Waals surface area contributed by atoms with Gasteiger partial charge in [-0.2, -0.15) is 0 Å². The highest BCUT2D eigenvalue weighted by Gasteiger charge is 2.14. The number of halogens is 2. The van der Waals surface area contributed by atoms with E-state index in [1.807, 2.05) is 6.92 Å². The predicted molar refractivity (Wildman–Crippen MR) is 68.9 cm³/mol. The van der Waals surface area contributed by atoms with Crippen molar-refractivity contribution in [2.24, 2.45) is 0 Å². The summed E-state index contributed by atoms with van der Waals surface area (Å²) in [6, 6.07) is 4.48. The van der Waals surface area contributed by atoms with Crippen molar-refractivity contribution in [2.45, 2.75) is 26.3 Å². The van der Waals surface area contributed by atoms with Gasteiger partial charge in [0.1, 0.15) is 5.82 Å². The monoisotopic (exact) mass is 259 g/mol. The van der Waals surface area contributed by atoms with E-state index >= 15 is 0 Å². The van der Waals surface area contributed by atoms with Crippen LogP contribution >= 0.6 is 11.6 Å². The molecule has 1 atom stereocenters. The van der Waals surface area contributed by atoms with Crippen LogP contribution in [0.5, 0.6) is 0 Å². The van der Waals surface area contributed by atoms with Crippen LogP contribution in [-0.4, -0.2) is 19.8 Å². The number of nitrogens with one attached hydrogen (secondary N) is 1. The lowest BCUT2D eigenvalue weighted by Crippen LogP contribution is -2.25. The molecule has 0 heterocycles. The average molecular weight is 260 g/mol. The van der Waals surface area contributed by atoms with Gasteiger partial charge in [-0.3, -0.25) is 0 Å². The van der Waals surface area contributed by atoms with Gasteiger partial charge in [-0.05, 0) is 30.7 Å².